The van der Waals surface area contributed by atoms with Gasteiger partial charge in [-0.2, -0.15) is 15.4 Å². The molecule has 0 bridgehead atoms. The van der Waals surface area contributed by atoms with Gasteiger partial charge in [0.25, 0.3) is 5.91 Å². The Balaban J connectivity index is 1.63. The minimum absolute atomic E-state index is 0.0409. The van der Waals surface area contributed by atoms with E-state index in [0.717, 1.165) is 17.7 Å². The number of aryl methyl sites for hydroxylation is 3. The van der Waals surface area contributed by atoms with Crippen molar-refractivity contribution in [1.82, 2.24) is 31.2 Å². The van der Waals surface area contributed by atoms with Gasteiger partial charge < -0.3 is 19.9 Å². The summed E-state index contributed by atoms with van der Waals surface area (Å²) in [6.45, 7) is 8.43. The third-order valence-corrected chi connectivity index (χ3v) is 5.57. The zero-order valence-electron chi connectivity index (χ0n) is 17.9. The summed E-state index contributed by atoms with van der Waals surface area (Å²) >= 11 is 0. The van der Waals surface area contributed by atoms with E-state index < -0.39 is 0 Å². The van der Waals surface area contributed by atoms with E-state index in [4.69, 9.17) is 9.26 Å². The Hall–Kier alpha value is -2.75. The zero-order valence-corrected chi connectivity index (χ0v) is 17.9. The van der Waals surface area contributed by atoms with E-state index in [0.29, 0.717) is 43.9 Å². The maximum absolute atomic E-state index is 12.8. The lowest BCUT2D eigenvalue weighted by molar-refractivity contribution is -0.127. The number of H-pyrrole nitrogens is 1. The molecule has 10 heteroatoms. The average Bonchev–Trinajstić information content (AvgIpc) is 3.30. The van der Waals surface area contributed by atoms with Crippen molar-refractivity contribution in [3.05, 3.63) is 28.4 Å². The largest absolute Gasteiger partial charge is 0.376 e. The second-order valence-electron chi connectivity index (χ2n) is 7.78. The first-order chi connectivity index (χ1) is 14.4. The second kappa shape index (κ2) is 9.84. The molecule has 2 amide bonds. The smallest absolute Gasteiger partial charge is 0.274 e. The third-order valence-electron chi connectivity index (χ3n) is 5.57. The highest BCUT2D eigenvalue weighted by molar-refractivity contribution is 5.93. The van der Waals surface area contributed by atoms with Crippen LogP contribution in [0.3, 0.4) is 0 Å². The first kappa shape index (κ1) is 21.9. The summed E-state index contributed by atoms with van der Waals surface area (Å²) in [7, 11) is 0. The summed E-state index contributed by atoms with van der Waals surface area (Å²) in [6, 6.07) is -0.274. The van der Waals surface area contributed by atoms with E-state index in [-0.39, 0.29) is 35.6 Å². The number of nitrogens with zero attached hydrogens (tertiary/aromatic N) is 3. The van der Waals surface area contributed by atoms with Crippen molar-refractivity contribution >= 4 is 11.8 Å². The first-order valence-electron chi connectivity index (χ1n) is 10.4. The molecule has 1 aliphatic carbocycles. The van der Waals surface area contributed by atoms with Gasteiger partial charge in [-0.15, -0.1) is 0 Å². The van der Waals surface area contributed by atoms with Crippen LogP contribution in [0.15, 0.2) is 4.52 Å². The number of nitrogens with one attached hydrogen (secondary N) is 3. The SMILES string of the molecule is CCCO[C@@H]1CC[C@H](C(=O)NCc2c(C)noc2C)C[C@H]1NC(=O)c1n[nH]nc1C. The molecule has 1 saturated carbocycles. The number of rotatable bonds is 8. The molecule has 10 nitrogen and oxygen atoms in total. The molecule has 30 heavy (non-hydrogen) atoms. The van der Waals surface area contributed by atoms with E-state index >= 15 is 0 Å². The zero-order chi connectivity index (χ0) is 21.7. The molecule has 2 aromatic rings. The van der Waals surface area contributed by atoms with Crippen molar-refractivity contribution in [3.63, 3.8) is 0 Å². The molecule has 164 valence electrons. The first-order valence-corrected chi connectivity index (χ1v) is 10.4. The fourth-order valence-electron chi connectivity index (χ4n) is 3.81. The van der Waals surface area contributed by atoms with Crippen LogP contribution in [0, 0.1) is 26.7 Å². The van der Waals surface area contributed by atoms with Crippen LogP contribution in [0.5, 0.6) is 0 Å². The number of aromatic nitrogens is 4. The van der Waals surface area contributed by atoms with Gasteiger partial charge in [0, 0.05) is 24.6 Å². The van der Waals surface area contributed by atoms with Gasteiger partial charge in [0.05, 0.1) is 23.5 Å². The molecule has 0 saturated heterocycles. The number of hydrogen-bond acceptors (Lipinski definition) is 7. The monoisotopic (exact) mass is 418 g/mol. The van der Waals surface area contributed by atoms with Crippen LogP contribution in [-0.2, 0) is 16.1 Å². The Morgan fingerprint density at radius 3 is 2.63 bits per heavy atom. The average molecular weight is 418 g/mol. The van der Waals surface area contributed by atoms with E-state index in [1.54, 1.807) is 6.92 Å². The van der Waals surface area contributed by atoms with E-state index in [9.17, 15) is 9.59 Å². The molecule has 1 aliphatic rings. The number of hydrogen-bond donors (Lipinski definition) is 3. The number of aromatic amines is 1. The van der Waals surface area contributed by atoms with Crippen LogP contribution >= 0.6 is 0 Å². The van der Waals surface area contributed by atoms with Gasteiger partial charge in [-0.3, -0.25) is 9.59 Å². The molecule has 0 unspecified atom stereocenters. The molecule has 0 spiro atoms. The summed E-state index contributed by atoms with van der Waals surface area (Å²) < 4.78 is 11.1. The van der Waals surface area contributed by atoms with Crippen molar-refractivity contribution in [3.8, 4) is 0 Å². The molecule has 0 radical (unpaired) electrons. The highest BCUT2D eigenvalue weighted by Crippen LogP contribution is 2.28. The van der Waals surface area contributed by atoms with Crippen molar-refractivity contribution in [1.29, 1.82) is 0 Å². The van der Waals surface area contributed by atoms with Gasteiger partial charge in [-0.25, -0.2) is 0 Å². The molecular formula is C20H30N6O4. The van der Waals surface area contributed by atoms with Crippen LogP contribution in [0.4, 0.5) is 0 Å². The Kier molecular flexibility index (Phi) is 7.20. The molecule has 3 atom stereocenters. The summed E-state index contributed by atoms with van der Waals surface area (Å²) in [5, 5.41) is 20.2. The van der Waals surface area contributed by atoms with E-state index in [1.165, 1.54) is 0 Å². The fourth-order valence-corrected chi connectivity index (χ4v) is 3.81. The molecule has 0 aromatic carbocycles. The van der Waals surface area contributed by atoms with Crippen molar-refractivity contribution in [2.24, 2.45) is 5.92 Å². The Labute approximate surface area is 175 Å². The van der Waals surface area contributed by atoms with Crippen molar-refractivity contribution < 1.29 is 18.8 Å². The Morgan fingerprint density at radius 1 is 1.20 bits per heavy atom. The summed E-state index contributed by atoms with van der Waals surface area (Å²) in [6.07, 6.45) is 2.67. The quantitative estimate of drug-likeness (QED) is 0.594. The molecule has 1 fully saturated rings. The van der Waals surface area contributed by atoms with Gasteiger partial charge in [-0.1, -0.05) is 12.1 Å². The molecule has 2 heterocycles. The lowest BCUT2D eigenvalue weighted by atomic mass is 9.83. The van der Waals surface area contributed by atoms with Gasteiger partial charge in [-0.05, 0) is 46.5 Å². The number of amides is 2. The lowest BCUT2D eigenvalue weighted by Crippen LogP contribution is -2.50. The maximum atomic E-state index is 12.8. The van der Waals surface area contributed by atoms with Gasteiger partial charge in [0.1, 0.15) is 5.76 Å². The molecule has 3 N–H and O–H groups in total. The molecule has 0 aliphatic heterocycles. The fraction of sp³-hybridized carbons (Fsp3) is 0.650. The molecule has 2 aromatic heterocycles. The summed E-state index contributed by atoms with van der Waals surface area (Å²) in [4.78, 5) is 25.4. The van der Waals surface area contributed by atoms with E-state index in [1.807, 2.05) is 20.8 Å². The normalized spacial score (nSPS) is 21.4. The summed E-state index contributed by atoms with van der Waals surface area (Å²) in [5.74, 6) is 0.141. The van der Waals surface area contributed by atoms with Gasteiger partial charge in [0.2, 0.25) is 5.91 Å². The van der Waals surface area contributed by atoms with Crippen LogP contribution in [-0.4, -0.2) is 51.1 Å². The Bertz CT molecular complexity index is 857. The predicted molar refractivity (Wildman–Crippen MR) is 108 cm³/mol. The van der Waals surface area contributed by atoms with Crippen molar-refractivity contribution in [2.75, 3.05) is 6.61 Å². The van der Waals surface area contributed by atoms with E-state index in [2.05, 4.69) is 31.2 Å². The van der Waals surface area contributed by atoms with Crippen LogP contribution in [0.2, 0.25) is 0 Å². The highest BCUT2D eigenvalue weighted by atomic mass is 16.5. The molecular weight excluding hydrogens is 388 g/mol. The minimum Gasteiger partial charge on any atom is -0.376 e. The number of ether oxygens (including phenoxy) is 1. The standard InChI is InChI=1S/C20H30N6O4/c1-5-8-29-17-7-6-14(19(27)21-10-15-11(2)25-30-13(15)4)9-16(17)22-20(28)18-12(3)23-26-24-18/h14,16-17H,5-10H2,1-4H3,(H,21,27)(H,22,28)(H,23,24,26)/t14-,16+,17+/m0/s1. The maximum Gasteiger partial charge on any atom is 0.274 e. The van der Waals surface area contributed by atoms with Gasteiger partial charge >= 0.3 is 0 Å². The van der Waals surface area contributed by atoms with Crippen LogP contribution in [0.25, 0.3) is 0 Å². The Morgan fingerprint density at radius 2 is 2.00 bits per heavy atom. The minimum atomic E-state index is -0.312. The number of carbonyl (C=O) groups is 2. The lowest BCUT2D eigenvalue weighted by Gasteiger charge is -2.35. The topological polar surface area (TPSA) is 135 Å². The predicted octanol–water partition coefficient (Wildman–Crippen LogP) is 1.73. The van der Waals surface area contributed by atoms with Crippen molar-refractivity contribution in [2.45, 2.75) is 72.1 Å². The summed E-state index contributed by atoms with van der Waals surface area (Å²) in [5.41, 5.74) is 2.46. The second-order valence-corrected chi connectivity index (χ2v) is 7.78. The van der Waals surface area contributed by atoms with Crippen LogP contribution in [0.1, 0.15) is 65.8 Å². The highest BCUT2D eigenvalue weighted by Gasteiger charge is 2.36. The third kappa shape index (κ3) is 5.05. The molecule has 3 rings (SSSR count). The number of carbonyl (C=O) groups excluding carboxylic acids is 2. The van der Waals surface area contributed by atoms with Gasteiger partial charge in [0.15, 0.2) is 5.69 Å². The van der Waals surface area contributed by atoms with Crippen LogP contribution < -0.4 is 10.6 Å².